The highest BCUT2D eigenvalue weighted by molar-refractivity contribution is 7.90. The number of rotatable bonds is 4. The fourth-order valence-corrected chi connectivity index (χ4v) is 4.44. The molecule has 1 aliphatic heterocycles. The number of carboxylic acids is 1. The molecule has 1 aromatic carbocycles. The lowest BCUT2D eigenvalue weighted by Gasteiger charge is -2.41. The quantitative estimate of drug-likeness (QED) is 0.837. The summed E-state index contributed by atoms with van der Waals surface area (Å²) in [5, 5.41) is 10.00. The molecule has 0 aromatic heterocycles. The van der Waals surface area contributed by atoms with Crippen molar-refractivity contribution in [3.05, 3.63) is 34.9 Å². The number of halogens is 1. The molecule has 1 fully saturated rings. The van der Waals surface area contributed by atoms with Crippen LogP contribution in [-0.4, -0.2) is 37.3 Å². The molecule has 1 aromatic rings. The van der Waals surface area contributed by atoms with Gasteiger partial charge < -0.3 is 9.66 Å². The maximum atomic E-state index is 12.9. The van der Waals surface area contributed by atoms with Gasteiger partial charge in [0.25, 0.3) is 0 Å². The topological polar surface area (TPSA) is 63.6 Å². The van der Waals surface area contributed by atoms with Crippen LogP contribution in [0.3, 0.4) is 0 Å². The molecule has 1 heterocycles. The molecular weight excluding hydrogens is 334 g/mol. The summed E-state index contributed by atoms with van der Waals surface area (Å²) in [6.45, 7) is 6.12. The summed E-state index contributed by atoms with van der Waals surface area (Å²) in [5.41, 5.74) is 1.13. The smallest absolute Gasteiger partial charge is 0.307 e. The molecule has 23 heavy (non-hydrogen) atoms. The summed E-state index contributed by atoms with van der Waals surface area (Å²) < 4.78 is 14.3. The fourth-order valence-electron chi connectivity index (χ4n) is 2.85. The third-order valence-corrected chi connectivity index (χ3v) is 6.30. The molecule has 0 bridgehead atoms. The van der Waals surface area contributed by atoms with Gasteiger partial charge in [-0.15, -0.1) is 4.31 Å². The summed E-state index contributed by atoms with van der Waals surface area (Å²) in [4.78, 5) is 11.3. The fraction of sp³-hybridized carbons (Fsp3) is 0.588. The van der Waals surface area contributed by atoms with Crippen LogP contribution in [0.1, 0.15) is 39.2 Å². The van der Waals surface area contributed by atoms with Gasteiger partial charge in [-0.1, -0.05) is 23.7 Å². The van der Waals surface area contributed by atoms with Crippen LogP contribution in [0.5, 0.6) is 0 Å². The van der Waals surface area contributed by atoms with Crippen LogP contribution < -0.4 is 0 Å². The number of piperidine rings is 1. The number of carboxylic acid groups (broad SMARTS) is 1. The van der Waals surface area contributed by atoms with E-state index in [1.165, 1.54) is 0 Å². The average Bonchev–Trinajstić information content (AvgIpc) is 2.48. The van der Waals surface area contributed by atoms with Crippen LogP contribution in [0.4, 0.5) is 0 Å². The Kier molecular flexibility index (Phi) is 6.00. The van der Waals surface area contributed by atoms with E-state index in [9.17, 15) is 14.5 Å². The van der Waals surface area contributed by atoms with E-state index in [0.717, 1.165) is 18.4 Å². The van der Waals surface area contributed by atoms with Crippen LogP contribution in [0, 0.1) is 5.92 Å². The molecule has 1 aliphatic rings. The first-order valence-corrected chi connectivity index (χ1v) is 9.33. The molecule has 1 saturated heterocycles. The molecule has 0 saturated carbocycles. The lowest BCUT2D eigenvalue weighted by molar-refractivity contribution is -0.143. The first-order chi connectivity index (χ1) is 10.7. The monoisotopic (exact) mass is 357 g/mol. The van der Waals surface area contributed by atoms with Gasteiger partial charge in [-0.3, -0.25) is 4.79 Å². The van der Waals surface area contributed by atoms with E-state index >= 15 is 0 Å². The third-order valence-electron chi connectivity index (χ3n) is 4.13. The van der Waals surface area contributed by atoms with Crippen molar-refractivity contribution < 1.29 is 14.5 Å². The van der Waals surface area contributed by atoms with Crippen molar-refractivity contribution in [1.82, 2.24) is 4.31 Å². The maximum Gasteiger partial charge on any atom is 0.307 e. The minimum Gasteiger partial charge on any atom is -0.597 e. The molecule has 0 spiro atoms. The van der Waals surface area contributed by atoms with Crippen LogP contribution in [-0.2, 0) is 22.6 Å². The van der Waals surface area contributed by atoms with Crippen LogP contribution >= 0.6 is 11.6 Å². The average molecular weight is 358 g/mol. The van der Waals surface area contributed by atoms with Gasteiger partial charge in [0.1, 0.15) is 4.75 Å². The van der Waals surface area contributed by atoms with Crippen molar-refractivity contribution in [2.45, 2.75) is 50.8 Å². The van der Waals surface area contributed by atoms with E-state index < -0.39 is 28.0 Å². The molecule has 0 radical (unpaired) electrons. The highest BCUT2D eigenvalue weighted by Gasteiger charge is 2.43. The first kappa shape index (κ1) is 18.6. The summed E-state index contributed by atoms with van der Waals surface area (Å²) >= 11 is 4.70. The van der Waals surface area contributed by atoms with Gasteiger partial charge in [0.2, 0.25) is 0 Å². The van der Waals surface area contributed by atoms with E-state index in [4.69, 9.17) is 11.6 Å². The number of aliphatic carboxylic acids is 1. The number of nitrogens with zero attached hydrogens (tertiary/aromatic N) is 1. The zero-order chi connectivity index (χ0) is 17.2. The van der Waals surface area contributed by atoms with Gasteiger partial charge in [0, 0.05) is 16.4 Å². The van der Waals surface area contributed by atoms with E-state index in [1.807, 2.05) is 49.3 Å². The molecule has 4 nitrogen and oxygen atoms in total. The predicted octanol–water partition coefficient (Wildman–Crippen LogP) is 3.51. The standard InChI is InChI=1S/C17H24ClNO3S/c1-17(2,3)23(22)19-11-13(16(20)21)6-9-15(19)10-12-4-7-14(18)8-5-12/h4-5,7-8,13,15H,6,9-11H2,1-3H3,(H,20,21)/t13?,15-,23?/m1/s1. The van der Waals surface area contributed by atoms with E-state index in [2.05, 4.69) is 0 Å². The lowest BCUT2D eigenvalue weighted by Crippen LogP contribution is -2.54. The number of hydrogen-bond donors (Lipinski definition) is 1. The number of carbonyl (C=O) groups is 1. The minimum absolute atomic E-state index is 0.0897. The molecule has 2 rings (SSSR count). The summed E-state index contributed by atoms with van der Waals surface area (Å²) in [6, 6.07) is 7.75. The number of benzene rings is 1. The van der Waals surface area contributed by atoms with E-state index in [0.29, 0.717) is 18.0 Å². The molecule has 1 N–H and O–H groups in total. The normalized spacial score (nSPS) is 24.4. The minimum atomic E-state index is -1.23. The van der Waals surface area contributed by atoms with Gasteiger partial charge in [-0.05, 0) is 57.7 Å². The second kappa shape index (κ2) is 7.43. The second-order valence-corrected chi connectivity index (χ2v) is 9.69. The van der Waals surface area contributed by atoms with Gasteiger partial charge in [-0.25, -0.2) is 0 Å². The summed E-state index contributed by atoms with van der Waals surface area (Å²) in [5.74, 6) is -1.24. The van der Waals surface area contributed by atoms with Gasteiger partial charge in [0.05, 0.1) is 18.5 Å². The summed E-state index contributed by atoms with van der Waals surface area (Å²) in [7, 11) is 0. The molecule has 6 heteroatoms. The van der Waals surface area contributed by atoms with E-state index in [1.54, 1.807) is 0 Å². The van der Waals surface area contributed by atoms with Gasteiger partial charge in [-0.2, -0.15) is 0 Å². The second-order valence-electron chi connectivity index (χ2n) is 7.06. The molecular formula is C17H24ClNO3S. The van der Waals surface area contributed by atoms with Crippen LogP contribution in [0.25, 0.3) is 0 Å². The molecule has 0 aliphatic carbocycles. The lowest BCUT2D eigenvalue weighted by atomic mass is 9.91. The first-order valence-electron chi connectivity index (χ1n) is 7.84. The Morgan fingerprint density at radius 1 is 1.35 bits per heavy atom. The van der Waals surface area contributed by atoms with Crippen LogP contribution in [0.15, 0.2) is 24.3 Å². The highest BCUT2D eigenvalue weighted by Crippen LogP contribution is 2.32. The van der Waals surface area contributed by atoms with Crippen molar-refractivity contribution in [1.29, 1.82) is 0 Å². The Morgan fingerprint density at radius 2 is 1.96 bits per heavy atom. The van der Waals surface area contributed by atoms with Crippen molar-refractivity contribution in [2.24, 2.45) is 5.92 Å². The third kappa shape index (κ3) is 4.86. The zero-order valence-electron chi connectivity index (χ0n) is 13.8. The van der Waals surface area contributed by atoms with Crippen molar-refractivity contribution >= 4 is 28.9 Å². The SMILES string of the molecule is CC(C)(C)[S+]([O-])N1CC(C(=O)O)CC[C@@H]1Cc1ccc(Cl)cc1. The predicted molar refractivity (Wildman–Crippen MR) is 93.9 cm³/mol. The van der Waals surface area contributed by atoms with Crippen molar-refractivity contribution in [2.75, 3.05) is 6.54 Å². The largest absolute Gasteiger partial charge is 0.597 e. The van der Waals surface area contributed by atoms with E-state index in [-0.39, 0.29) is 6.04 Å². The Hall–Kier alpha value is -0.750. The molecule has 0 amide bonds. The maximum absolute atomic E-state index is 12.9. The zero-order valence-corrected chi connectivity index (χ0v) is 15.4. The molecule has 128 valence electrons. The Morgan fingerprint density at radius 3 is 2.48 bits per heavy atom. The molecule has 3 atom stereocenters. The molecule has 2 unspecified atom stereocenters. The van der Waals surface area contributed by atoms with Crippen LogP contribution in [0.2, 0.25) is 5.02 Å². The Labute approximate surface area is 146 Å². The van der Waals surface area contributed by atoms with Gasteiger partial charge >= 0.3 is 5.97 Å². The summed E-state index contributed by atoms with van der Waals surface area (Å²) in [6.07, 6.45) is 2.12. The number of hydrogen-bond acceptors (Lipinski definition) is 3. The van der Waals surface area contributed by atoms with Gasteiger partial charge in [0.15, 0.2) is 0 Å². The van der Waals surface area contributed by atoms with Crippen molar-refractivity contribution in [3.63, 3.8) is 0 Å². The highest BCUT2D eigenvalue weighted by atomic mass is 35.5. The Balaban J connectivity index is 2.17. The Bertz CT molecular complexity index is 544. The van der Waals surface area contributed by atoms with Crippen molar-refractivity contribution in [3.8, 4) is 0 Å².